The van der Waals surface area contributed by atoms with E-state index >= 15 is 0 Å². The van der Waals surface area contributed by atoms with Gasteiger partial charge in [-0.25, -0.2) is 0 Å². The van der Waals surface area contributed by atoms with Crippen LogP contribution in [0.15, 0.2) is 0 Å². The van der Waals surface area contributed by atoms with Crippen molar-refractivity contribution in [1.29, 1.82) is 0 Å². The van der Waals surface area contributed by atoms with Crippen molar-refractivity contribution in [2.24, 2.45) is 5.92 Å². The van der Waals surface area contributed by atoms with Crippen molar-refractivity contribution >= 4 is 17.5 Å². The number of rotatable bonds is 2. The maximum absolute atomic E-state index is 12.0. The molecule has 0 radical (unpaired) electrons. The van der Waals surface area contributed by atoms with Crippen LogP contribution in [-0.2, 0) is 9.53 Å². The van der Waals surface area contributed by atoms with Crippen molar-refractivity contribution in [2.75, 3.05) is 18.1 Å². The lowest BCUT2D eigenvalue weighted by Gasteiger charge is -2.38. The number of ketones is 1. The van der Waals surface area contributed by atoms with Crippen LogP contribution in [0.4, 0.5) is 0 Å². The van der Waals surface area contributed by atoms with E-state index in [2.05, 4.69) is 0 Å². The highest BCUT2D eigenvalue weighted by molar-refractivity contribution is 7.99. The van der Waals surface area contributed by atoms with Gasteiger partial charge in [0, 0.05) is 18.3 Å². The Morgan fingerprint density at radius 1 is 1.56 bits per heavy atom. The Morgan fingerprint density at radius 2 is 2.31 bits per heavy atom. The zero-order valence-electron chi connectivity index (χ0n) is 9.99. The topological polar surface area (TPSA) is 46.5 Å². The zero-order chi connectivity index (χ0) is 11.8. The van der Waals surface area contributed by atoms with Crippen LogP contribution in [-0.4, -0.2) is 40.2 Å². The summed E-state index contributed by atoms with van der Waals surface area (Å²) in [6, 6.07) is 0. The second-order valence-corrected chi connectivity index (χ2v) is 6.55. The van der Waals surface area contributed by atoms with Gasteiger partial charge in [0.1, 0.15) is 5.60 Å². The first-order chi connectivity index (χ1) is 7.43. The summed E-state index contributed by atoms with van der Waals surface area (Å²) in [5, 5.41) is 9.77. The third-order valence-electron chi connectivity index (χ3n) is 3.53. The smallest absolute Gasteiger partial charge is 0.167 e. The van der Waals surface area contributed by atoms with Gasteiger partial charge in [0.15, 0.2) is 5.78 Å². The summed E-state index contributed by atoms with van der Waals surface area (Å²) in [7, 11) is 0. The van der Waals surface area contributed by atoms with E-state index in [0.29, 0.717) is 6.61 Å². The monoisotopic (exact) mass is 244 g/mol. The van der Waals surface area contributed by atoms with Gasteiger partial charge in [-0.05, 0) is 38.9 Å². The highest BCUT2D eigenvalue weighted by Crippen LogP contribution is 2.41. The molecule has 0 saturated carbocycles. The summed E-state index contributed by atoms with van der Waals surface area (Å²) in [6.45, 7) is 3.83. The molecule has 3 nitrogen and oxygen atoms in total. The molecule has 2 heterocycles. The minimum Gasteiger partial charge on any atom is -0.383 e. The molecule has 0 aromatic carbocycles. The fourth-order valence-electron chi connectivity index (χ4n) is 2.61. The summed E-state index contributed by atoms with van der Waals surface area (Å²) in [6.07, 6.45) is 2.60. The molecule has 0 aromatic rings. The number of thioether (sulfide) groups is 1. The predicted molar refractivity (Wildman–Crippen MR) is 64.7 cm³/mol. The van der Waals surface area contributed by atoms with E-state index in [4.69, 9.17) is 4.74 Å². The first kappa shape index (κ1) is 12.4. The fourth-order valence-corrected chi connectivity index (χ4v) is 3.99. The molecule has 0 bridgehead atoms. The van der Waals surface area contributed by atoms with Crippen LogP contribution in [0.3, 0.4) is 0 Å². The predicted octanol–water partition coefficient (Wildman–Crippen LogP) is 1.63. The standard InChI is InChI=1S/C12H20O3S/c1-11(2,14)10(13)9-3-5-15-12(7-9)4-6-16-8-12/h9,14H,3-8H2,1-2H3. The molecule has 2 saturated heterocycles. The number of aliphatic hydroxyl groups is 1. The van der Waals surface area contributed by atoms with Gasteiger partial charge < -0.3 is 9.84 Å². The van der Waals surface area contributed by atoms with Gasteiger partial charge in [-0.1, -0.05) is 0 Å². The summed E-state index contributed by atoms with van der Waals surface area (Å²) < 4.78 is 5.86. The highest BCUT2D eigenvalue weighted by atomic mass is 32.2. The van der Waals surface area contributed by atoms with E-state index in [9.17, 15) is 9.90 Å². The molecule has 4 heteroatoms. The number of hydrogen-bond acceptors (Lipinski definition) is 4. The zero-order valence-corrected chi connectivity index (χ0v) is 10.8. The molecule has 0 aliphatic carbocycles. The van der Waals surface area contributed by atoms with Crippen LogP contribution in [0.25, 0.3) is 0 Å². The summed E-state index contributed by atoms with van der Waals surface area (Å²) in [4.78, 5) is 12.0. The maximum atomic E-state index is 12.0. The van der Waals surface area contributed by atoms with E-state index in [0.717, 1.165) is 30.8 Å². The van der Waals surface area contributed by atoms with Crippen molar-refractivity contribution in [3.63, 3.8) is 0 Å². The van der Waals surface area contributed by atoms with Crippen molar-refractivity contribution in [3.05, 3.63) is 0 Å². The van der Waals surface area contributed by atoms with Crippen molar-refractivity contribution in [1.82, 2.24) is 0 Å². The van der Waals surface area contributed by atoms with Gasteiger partial charge >= 0.3 is 0 Å². The molecule has 2 rings (SSSR count). The second-order valence-electron chi connectivity index (χ2n) is 5.45. The number of carbonyl (C=O) groups is 1. The van der Waals surface area contributed by atoms with Crippen LogP contribution in [0.5, 0.6) is 0 Å². The molecule has 92 valence electrons. The SMILES string of the molecule is CC(C)(O)C(=O)C1CCOC2(CCSC2)C1. The number of ether oxygens (including phenoxy) is 1. The van der Waals surface area contributed by atoms with Gasteiger partial charge in [0.2, 0.25) is 0 Å². The van der Waals surface area contributed by atoms with Crippen LogP contribution in [0.1, 0.15) is 33.1 Å². The third kappa shape index (κ3) is 2.44. The Morgan fingerprint density at radius 3 is 2.88 bits per heavy atom. The lowest BCUT2D eigenvalue weighted by atomic mass is 9.79. The number of carbonyl (C=O) groups excluding carboxylic acids is 1. The van der Waals surface area contributed by atoms with Crippen molar-refractivity contribution < 1.29 is 14.6 Å². The average Bonchev–Trinajstić information content (AvgIpc) is 2.64. The molecule has 2 atom stereocenters. The summed E-state index contributed by atoms with van der Waals surface area (Å²) in [5.74, 6) is 2.09. The Kier molecular flexibility index (Phi) is 3.34. The molecule has 1 N–H and O–H groups in total. The van der Waals surface area contributed by atoms with Crippen LogP contribution < -0.4 is 0 Å². The van der Waals surface area contributed by atoms with Gasteiger partial charge in [-0.2, -0.15) is 11.8 Å². The Labute approximate surface area is 101 Å². The van der Waals surface area contributed by atoms with E-state index in [1.54, 1.807) is 13.8 Å². The summed E-state index contributed by atoms with van der Waals surface area (Å²) >= 11 is 1.90. The van der Waals surface area contributed by atoms with Crippen LogP contribution in [0, 0.1) is 5.92 Å². The molecule has 0 aromatic heterocycles. The van der Waals surface area contributed by atoms with Crippen LogP contribution >= 0.6 is 11.8 Å². The van der Waals surface area contributed by atoms with Gasteiger partial charge in [0.25, 0.3) is 0 Å². The molecular formula is C12H20O3S. The minimum absolute atomic E-state index is 0.0209. The third-order valence-corrected chi connectivity index (χ3v) is 4.76. The molecule has 2 aliphatic rings. The molecule has 1 spiro atoms. The van der Waals surface area contributed by atoms with E-state index in [1.807, 2.05) is 11.8 Å². The van der Waals surface area contributed by atoms with Crippen molar-refractivity contribution in [2.45, 2.75) is 44.3 Å². The van der Waals surface area contributed by atoms with Gasteiger partial charge in [-0.15, -0.1) is 0 Å². The normalized spacial score (nSPS) is 35.6. The quantitative estimate of drug-likeness (QED) is 0.802. The molecule has 16 heavy (non-hydrogen) atoms. The summed E-state index contributed by atoms with van der Waals surface area (Å²) in [5.41, 5.74) is -1.27. The lowest BCUT2D eigenvalue weighted by Crippen LogP contribution is -2.46. The Balaban J connectivity index is 2.04. The Bertz CT molecular complexity index is 276. The van der Waals surface area contributed by atoms with Crippen LogP contribution in [0.2, 0.25) is 0 Å². The molecule has 2 unspecified atom stereocenters. The van der Waals surface area contributed by atoms with E-state index in [-0.39, 0.29) is 17.3 Å². The highest BCUT2D eigenvalue weighted by Gasteiger charge is 2.44. The van der Waals surface area contributed by atoms with Gasteiger partial charge in [0.05, 0.1) is 5.60 Å². The Hall–Kier alpha value is -0.0600. The molecular weight excluding hydrogens is 224 g/mol. The molecule has 2 aliphatic heterocycles. The first-order valence-corrected chi connectivity index (χ1v) is 7.07. The largest absolute Gasteiger partial charge is 0.383 e. The molecule has 2 fully saturated rings. The number of Topliss-reactive ketones (excluding diaryl/α,β-unsaturated/α-hetero) is 1. The van der Waals surface area contributed by atoms with E-state index < -0.39 is 5.60 Å². The maximum Gasteiger partial charge on any atom is 0.167 e. The van der Waals surface area contributed by atoms with Gasteiger partial charge in [-0.3, -0.25) is 4.79 Å². The fraction of sp³-hybridized carbons (Fsp3) is 0.917. The molecule has 0 amide bonds. The lowest BCUT2D eigenvalue weighted by molar-refractivity contribution is -0.148. The average molecular weight is 244 g/mol. The second kappa shape index (κ2) is 4.31. The first-order valence-electron chi connectivity index (χ1n) is 5.91. The van der Waals surface area contributed by atoms with Crippen molar-refractivity contribution in [3.8, 4) is 0 Å². The minimum atomic E-state index is -1.20. The van der Waals surface area contributed by atoms with E-state index in [1.165, 1.54) is 0 Å². The number of hydrogen-bond donors (Lipinski definition) is 1.